The summed E-state index contributed by atoms with van der Waals surface area (Å²) in [4.78, 5) is 23.1. The fourth-order valence-electron chi connectivity index (χ4n) is 2.20. The molecular formula is C16H23NO3. The monoisotopic (exact) mass is 277 g/mol. The normalized spacial score (nSPS) is 12.2. The van der Waals surface area contributed by atoms with Crippen molar-refractivity contribution in [3.8, 4) is 0 Å². The van der Waals surface area contributed by atoms with E-state index in [9.17, 15) is 14.7 Å². The second kappa shape index (κ2) is 7.08. The van der Waals surface area contributed by atoms with Crippen molar-refractivity contribution in [2.45, 2.75) is 46.6 Å². The first kappa shape index (κ1) is 16.2. The predicted octanol–water partition coefficient (Wildman–Crippen LogP) is 2.46. The standard InChI is InChI=1S/C16H23NO3/c1-10(2)8-15(18)17-14(16(19)20)9-13-11(3)6-5-7-12(13)4/h5-7,10,14H,8-9H2,1-4H3,(H,17,18)(H,19,20)/t14-/m0/s1. The molecule has 4 nitrogen and oxygen atoms in total. The quantitative estimate of drug-likeness (QED) is 0.839. The van der Waals surface area contributed by atoms with Crippen LogP contribution in [0.3, 0.4) is 0 Å². The van der Waals surface area contributed by atoms with E-state index >= 15 is 0 Å². The van der Waals surface area contributed by atoms with Gasteiger partial charge in [-0.2, -0.15) is 0 Å². The summed E-state index contributed by atoms with van der Waals surface area (Å²) in [6.45, 7) is 7.77. The lowest BCUT2D eigenvalue weighted by atomic mass is 9.96. The number of aliphatic carboxylic acids is 1. The largest absolute Gasteiger partial charge is 0.480 e. The van der Waals surface area contributed by atoms with Gasteiger partial charge in [0.25, 0.3) is 0 Å². The van der Waals surface area contributed by atoms with Crippen LogP contribution >= 0.6 is 0 Å². The zero-order valence-electron chi connectivity index (χ0n) is 12.6. The summed E-state index contributed by atoms with van der Waals surface area (Å²) in [7, 11) is 0. The maximum Gasteiger partial charge on any atom is 0.326 e. The first-order valence-corrected chi connectivity index (χ1v) is 6.88. The molecule has 0 heterocycles. The first-order chi connectivity index (χ1) is 9.31. The van der Waals surface area contributed by atoms with Crippen LogP contribution in [0.5, 0.6) is 0 Å². The van der Waals surface area contributed by atoms with E-state index in [-0.39, 0.29) is 11.8 Å². The molecule has 0 aliphatic carbocycles. The first-order valence-electron chi connectivity index (χ1n) is 6.88. The Morgan fingerprint density at radius 1 is 1.20 bits per heavy atom. The molecule has 0 fully saturated rings. The van der Waals surface area contributed by atoms with E-state index in [1.54, 1.807) is 0 Å². The molecule has 0 radical (unpaired) electrons. The van der Waals surface area contributed by atoms with Crippen LogP contribution in [0.25, 0.3) is 0 Å². The Bertz CT molecular complexity index is 474. The van der Waals surface area contributed by atoms with Crippen molar-refractivity contribution >= 4 is 11.9 Å². The Kier molecular flexibility index (Phi) is 5.74. The number of benzene rings is 1. The Hall–Kier alpha value is -1.84. The van der Waals surface area contributed by atoms with Crippen molar-refractivity contribution in [3.63, 3.8) is 0 Å². The van der Waals surface area contributed by atoms with E-state index in [1.807, 2.05) is 45.9 Å². The number of rotatable bonds is 6. The van der Waals surface area contributed by atoms with Gasteiger partial charge < -0.3 is 10.4 Å². The van der Waals surface area contributed by atoms with Gasteiger partial charge in [-0.05, 0) is 36.5 Å². The predicted molar refractivity (Wildman–Crippen MR) is 78.6 cm³/mol. The molecule has 0 aliphatic rings. The van der Waals surface area contributed by atoms with Crippen LogP contribution in [-0.2, 0) is 16.0 Å². The summed E-state index contributed by atoms with van der Waals surface area (Å²) in [6, 6.07) is 4.98. The molecule has 0 saturated heterocycles. The third-order valence-electron chi connectivity index (χ3n) is 3.28. The van der Waals surface area contributed by atoms with Crippen LogP contribution in [0.4, 0.5) is 0 Å². The smallest absolute Gasteiger partial charge is 0.326 e. The Balaban J connectivity index is 2.83. The second-order valence-electron chi connectivity index (χ2n) is 5.63. The van der Waals surface area contributed by atoms with Gasteiger partial charge in [-0.15, -0.1) is 0 Å². The van der Waals surface area contributed by atoms with E-state index in [2.05, 4.69) is 5.32 Å². The Morgan fingerprint density at radius 3 is 2.20 bits per heavy atom. The van der Waals surface area contributed by atoms with Crippen molar-refractivity contribution in [1.82, 2.24) is 5.32 Å². The SMILES string of the molecule is Cc1cccc(C)c1C[C@H](NC(=O)CC(C)C)C(=O)O. The van der Waals surface area contributed by atoms with Gasteiger partial charge in [-0.3, -0.25) is 4.79 Å². The number of aryl methyl sites for hydroxylation is 2. The topological polar surface area (TPSA) is 66.4 Å². The number of nitrogens with one attached hydrogen (secondary N) is 1. The summed E-state index contributed by atoms with van der Waals surface area (Å²) >= 11 is 0. The molecule has 0 bridgehead atoms. The van der Waals surface area contributed by atoms with Gasteiger partial charge in [0.15, 0.2) is 0 Å². The highest BCUT2D eigenvalue weighted by Crippen LogP contribution is 2.15. The van der Waals surface area contributed by atoms with E-state index in [0.29, 0.717) is 12.8 Å². The molecule has 0 aliphatic heterocycles. The minimum absolute atomic E-state index is 0.210. The average molecular weight is 277 g/mol. The molecule has 1 aromatic carbocycles. The highest BCUT2D eigenvalue weighted by molar-refractivity contribution is 5.83. The number of hydrogen-bond acceptors (Lipinski definition) is 2. The summed E-state index contributed by atoms with van der Waals surface area (Å²) in [5, 5.41) is 11.9. The second-order valence-corrected chi connectivity index (χ2v) is 5.63. The molecule has 1 atom stereocenters. The number of carboxylic acid groups (broad SMARTS) is 1. The van der Waals surface area contributed by atoms with Gasteiger partial charge in [0.05, 0.1) is 0 Å². The molecule has 0 unspecified atom stereocenters. The van der Waals surface area contributed by atoms with Gasteiger partial charge in [0.1, 0.15) is 6.04 Å². The molecule has 110 valence electrons. The Morgan fingerprint density at radius 2 is 1.75 bits per heavy atom. The third kappa shape index (κ3) is 4.68. The zero-order chi connectivity index (χ0) is 15.3. The summed E-state index contributed by atoms with van der Waals surface area (Å²) in [5.41, 5.74) is 3.09. The van der Waals surface area contributed by atoms with E-state index in [4.69, 9.17) is 0 Å². The number of carbonyl (C=O) groups is 2. The van der Waals surface area contributed by atoms with Crippen molar-refractivity contribution in [2.75, 3.05) is 0 Å². The van der Waals surface area contributed by atoms with Crippen LogP contribution in [-0.4, -0.2) is 23.0 Å². The van der Waals surface area contributed by atoms with Crippen LogP contribution in [0.15, 0.2) is 18.2 Å². The molecule has 0 aromatic heterocycles. The van der Waals surface area contributed by atoms with Gasteiger partial charge in [0.2, 0.25) is 5.91 Å². The van der Waals surface area contributed by atoms with E-state index < -0.39 is 12.0 Å². The molecule has 1 rings (SSSR count). The van der Waals surface area contributed by atoms with Gasteiger partial charge >= 0.3 is 5.97 Å². The number of hydrogen-bond donors (Lipinski definition) is 2. The van der Waals surface area contributed by atoms with Crippen LogP contribution in [0.2, 0.25) is 0 Å². The molecule has 1 aromatic rings. The third-order valence-corrected chi connectivity index (χ3v) is 3.28. The molecular weight excluding hydrogens is 254 g/mol. The number of carboxylic acids is 1. The molecule has 0 saturated carbocycles. The van der Waals surface area contributed by atoms with Crippen LogP contribution in [0.1, 0.15) is 37.0 Å². The van der Waals surface area contributed by atoms with E-state index in [0.717, 1.165) is 16.7 Å². The lowest BCUT2D eigenvalue weighted by Crippen LogP contribution is -2.42. The van der Waals surface area contributed by atoms with Crippen molar-refractivity contribution in [3.05, 3.63) is 34.9 Å². The summed E-state index contributed by atoms with van der Waals surface area (Å²) < 4.78 is 0. The van der Waals surface area contributed by atoms with Gasteiger partial charge in [-0.25, -0.2) is 4.79 Å². The van der Waals surface area contributed by atoms with Crippen molar-refractivity contribution < 1.29 is 14.7 Å². The van der Waals surface area contributed by atoms with Crippen molar-refractivity contribution in [2.24, 2.45) is 5.92 Å². The number of carbonyl (C=O) groups excluding carboxylic acids is 1. The zero-order valence-corrected chi connectivity index (χ0v) is 12.6. The number of amides is 1. The summed E-state index contributed by atoms with van der Waals surface area (Å²) in [5.74, 6) is -0.993. The molecule has 0 spiro atoms. The van der Waals surface area contributed by atoms with Crippen LogP contribution in [0, 0.1) is 19.8 Å². The maximum absolute atomic E-state index is 11.8. The highest BCUT2D eigenvalue weighted by Gasteiger charge is 2.22. The fourth-order valence-corrected chi connectivity index (χ4v) is 2.20. The van der Waals surface area contributed by atoms with Crippen LogP contribution < -0.4 is 5.32 Å². The molecule has 1 amide bonds. The van der Waals surface area contributed by atoms with Gasteiger partial charge in [0, 0.05) is 12.8 Å². The molecule has 2 N–H and O–H groups in total. The van der Waals surface area contributed by atoms with Crippen molar-refractivity contribution in [1.29, 1.82) is 0 Å². The average Bonchev–Trinajstić information content (AvgIpc) is 2.31. The fraction of sp³-hybridized carbons (Fsp3) is 0.500. The lowest BCUT2D eigenvalue weighted by molar-refractivity contribution is -0.141. The van der Waals surface area contributed by atoms with E-state index in [1.165, 1.54) is 0 Å². The Labute approximate surface area is 120 Å². The molecule has 4 heteroatoms. The minimum atomic E-state index is -0.996. The van der Waals surface area contributed by atoms with Gasteiger partial charge in [-0.1, -0.05) is 32.0 Å². The maximum atomic E-state index is 11.8. The highest BCUT2D eigenvalue weighted by atomic mass is 16.4. The minimum Gasteiger partial charge on any atom is -0.480 e. The summed E-state index contributed by atoms with van der Waals surface area (Å²) in [6.07, 6.45) is 0.661. The molecule has 20 heavy (non-hydrogen) atoms. The lowest BCUT2D eigenvalue weighted by Gasteiger charge is -2.18.